The van der Waals surface area contributed by atoms with Gasteiger partial charge in [-0.3, -0.25) is 13.9 Å². The molecule has 1 aromatic carbocycles. The van der Waals surface area contributed by atoms with Crippen LogP contribution in [-0.2, 0) is 32.8 Å². The van der Waals surface area contributed by atoms with Gasteiger partial charge in [0.1, 0.15) is 17.9 Å². The number of rotatable bonds is 27. The molecule has 0 spiro atoms. The van der Waals surface area contributed by atoms with Crippen LogP contribution >= 0.6 is 19.3 Å². The van der Waals surface area contributed by atoms with Gasteiger partial charge in [-0.25, -0.2) is 18.7 Å². The Labute approximate surface area is 351 Å². The summed E-state index contributed by atoms with van der Waals surface area (Å²) in [6.45, 7) is 6.32. The Morgan fingerprint density at radius 3 is 2.19 bits per heavy atom. The maximum Gasteiger partial charge on any atom is 0.508 e. The van der Waals surface area contributed by atoms with Crippen molar-refractivity contribution in [1.29, 1.82) is 0 Å². The predicted octanol–water partition coefficient (Wildman–Crippen LogP) is 9.39. The number of nitrogens with two attached hydrogens (primary N) is 1. The number of unbranched alkanes of at least 4 members (excludes halogenated alkanes) is 13. The molecule has 4 N–H and O–H groups in total. The van der Waals surface area contributed by atoms with Gasteiger partial charge in [0, 0.05) is 7.05 Å². The monoisotopic (exact) mass is 869 g/mol. The number of hydrogen-bond donors (Lipinski definition) is 3. The largest absolute Gasteiger partial charge is 0.508 e. The van der Waals surface area contributed by atoms with Crippen LogP contribution in [0.15, 0.2) is 36.7 Å². The number of para-hydroxylation sites is 1. The van der Waals surface area contributed by atoms with E-state index in [0.717, 1.165) is 19.3 Å². The van der Waals surface area contributed by atoms with E-state index in [1.807, 2.05) is 0 Å². The molecule has 2 aromatic heterocycles. The highest BCUT2D eigenvalue weighted by molar-refractivity contribution is 7.52. The highest BCUT2D eigenvalue weighted by atomic mass is 35.5. The summed E-state index contributed by atoms with van der Waals surface area (Å²) in [5.74, 6) is -0.468. The fourth-order valence-electron chi connectivity index (χ4n) is 6.62. The van der Waals surface area contributed by atoms with Crippen LogP contribution in [0.25, 0.3) is 11.2 Å². The maximum absolute atomic E-state index is 17.0. The first-order valence-corrected chi connectivity index (χ1v) is 22.7. The molecule has 0 aliphatic carbocycles. The van der Waals surface area contributed by atoms with Crippen molar-refractivity contribution >= 4 is 54.4 Å². The highest BCUT2D eigenvalue weighted by Gasteiger charge is 2.61. The van der Waals surface area contributed by atoms with E-state index in [4.69, 9.17) is 45.3 Å². The summed E-state index contributed by atoms with van der Waals surface area (Å²) in [7, 11) is -2.87. The Hall–Kier alpha value is -3.76. The van der Waals surface area contributed by atoms with Crippen molar-refractivity contribution in [3.8, 4) is 5.75 Å². The lowest BCUT2D eigenvalue weighted by Gasteiger charge is -2.26. The Morgan fingerprint density at radius 2 is 1.59 bits per heavy atom. The van der Waals surface area contributed by atoms with Crippen molar-refractivity contribution in [2.45, 2.75) is 153 Å². The third-order valence-corrected chi connectivity index (χ3v) is 11.7. The van der Waals surface area contributed by atoms with Crippen molar-refractivity contribution in [1.82, 2.24) is 24.6 Å². The second kappa shape index (κ2) is 23.9. The highest BCUT2D eigenvalue weighted by Crippen LogP contribution is 2.50. The molecule has 1 fully saturated rings. The Bertz CT molecular complexity index is 1790. The number of benzene rings is 1. The summed E-state index contributed by atoms with van der Waals surface area (Å²) in [5, 5.41) is 2.44. The Morgan fingerprint density at radius 1 is 0.983 bits per heavy atom. The van der Waals surface area contributed by atoms with Crippen LogP contribution in [0.3, 0.4) is 0 Å². The molecule has 0 radical (unpaired) electrons. The van der Waals surface area contributed by atoms with Gasteiger partial charge < -0.3 is 34.5 Å². The fraction of sp³-hybridized carbons (Fsp3) is 0.675. The predicted molar refractivity (Wildman–Crippen MR) is 224 cm³/mol. The van der Waals surface area contributed by atoms with Gasteiger partial charge in [0.2, 0.25) is 5.95 Å². The van der Waals surface area contributed by atoms with E-state index in [-0.39, 0.29) is 35.3 Å². The number of imidazole rings is 1. The first-order valence-electron chi connectivity index (χ1n) is 20.8. The zero-order valence-corrected chi connectivity index (χ0v) is 36.6. The first-order chi connectivity index (χ1) is 28.3. The normalized spacial score (nSPS) is 20.6. The van der Waals surface area contributed by atoms with Gasteiger partial charge in [-0.05, 0) is 39.3 Å². The number of nitrogen functional groups attached to an aromatic ring is 1. The van der Waals surface area contributed by atoms with Gasteiger partial charge >= 0.3 is 19.9 Å². The molecular weight excluding hydrogens is 808 g/mol. The molecule has 6 atom stereocenters. The Kier molecular flexibility index (Phi) is 19.4. The summed E-state index contributed by atoms with van der Waals surface area (Å²) in [4.78, 5) is 38.4. The molecule has 1 aliphatic heterocycles. The zero-order valence-electron chi connectivity index (χ0n) is 34.9. The minimum absolute atomic E-state index is 0.0418. The van der Waals surface area contributed by atoms with E-state index < -0.39 is 62.2 Å². The van der Waals surface area contributed by atoms with E-state index in [1.54, 1.807) is 39.1 Å². The standard InChI is InChI=1S/C40H62ClFN7O9P/c1-6-7-8-9-10-11-12-13-14-15-16-17-18-22-25-53-39(51)57-33-31(56-37(40(33,41)42)49-27-45-32-34(44-5)46-38(43)47-35(32)49)26-54-59(52,58-30-23-20-19-21-24-30)48-29(4)36(50)55-28(2)3/h19-21,23-24,27-29,31,33,37H,6-18,22,25-26H2,1-5H3,(H,48,52)(H3,43,44,46,47)/t29-,31+,33+,37+,40+,59+/m0/s1. The number of aromatic nitrogens is 4. The van der Waals surface area contributed by atoms with Crippen molar-refractivity contribution in [3.05, 3.63) is 36.7 Å². The number of anilines is 2. The number of nitrogens with zero attached hydrogens (tertiary/aromatic N) is 4. The fourth-order valence-corrected chi connectivity index (χ4v) is 8.47. The summed E-state index contributed by atoms with van der Waals surface area (Å²) in [6.07, 6.45) is 10.8. The van der Waals surface area contributed by atoms with Gasteiger partial charge in [0.05, 0.1) is 25.6 Å². The third kappa shape index (κ3) is 14.7. The van der Waals surface area contributed by atoms with Gasteiger partial charge in [0.15, 0.2) is 29.3 Å². The number of nitrogens with one attached hydrogen (secondary N) is 2. The molecule has 59 heavy (non-hydrogen) atoms. The van der Waals surface area contributed by atoms with Crippen molar-refractivity contribution < 1.29 is 46.5 Å². The van der Waals surface area contributed by atoms with Crippen LogP contribution in [0.2, 0.25) is 0 Å². The number of fused-ring (bicyclic) bond motifs is 1. The molecule has 330 valence electrons. The summed E-state index contributed by atoms with van der Waals surface area (Å²) >= 11 is 6.60. The molecule has 0 amide bonds. The maximum atomic E-state index is 17.0. The molecule has 19 heteroatoms. The minimum atomic E-state index is -4.46. The smallest absolute Gasteiger partial charge is 0.462 e. The quantitative estimate of drug-likeness (QED) is 0.0283. The van der Waals surface area contributed by atoms with Crippen LogP contribution in [0.1, 0.15) is 124 Å². The summed E-state index contributed by atoms with van der Waals surface area (Å²) < 4.78 is 66.1. The van der Waals surface area contributed by atoms with Crippen LogP contribution in [0, 0.1) is 0 Å². The number of alkyl halides is 2. The molecule has 0 bridgehead atoms. The van der Waals surface area contributed by atoms with Gasteiger partial charge in [-0.1, -0.05) is 120 Å². The second-order valence-electron chi connectivity index (χ2n) is 15.0. The van der Waals surface area contributed by atoms with Crippen LogP contribution < -0.4 is 20.7 Å². The van der Waals surface area contributed by atoms with Crippen LogP contribution in [0.4, 0.5) is 21.0 Å². The van der Waals surface area contributed by atoms with E-state index in [1.165, 1.54) is 94.2 Å². The lowest BCUT2D eigenvalue weighted by Crippen LogP contribution is -2.43. The summed E-state index contributed by atoms with van der Waals surface area (Å²) in [5.41, 5.74) is 6.22. The number of ether oxygens (including phenoxy) is 4. The molecule has 3 heterocycles. The van der Waals surface area contributed by atoms with Crippen LogP contribution in [-0.4, -0.2) is 81.4 Å². The number of carbonyl (C=O) groups is 2. The van der Waals surface area contributed by atoms with E-state index >= 15 is 4.39 Å². The van der Waals surface area contributed by atoms with Gasteiger partial charge in [-0.2, -0.15) is 15.1 Å². The van der Waals surface area contributed by atoms with Crippen molar-refractivity contribution in [2.75, 3.05) is 31.3 Å². The topological polar surface area (TPSA) is 200 Å². The van der Waals surface area contributed by atoms with Crippen molar-refractivity contribution in [2.24, 2.45) is 0 Å². The molecule has 1 saturated heterocycles. The minimum Gasteiger partial charge on any atom is -0.462 e. The summed E-state index contributed by atoms with van der Waals surface area (Å²) in [6, 6.07) is 6.90. The van der Waals surface area contributed by atoms with E-state index in [2.05, 4.69) is 32.3 Å². The van der Waals surface area contributed by atoms with E-state index in [9.17, 15) is 14.2 Å². The molecule has 0 unspecified atom stereocenters. The molecule has 3 aromatic rings. The number of esters is 1. The van der Waals surface area contributed by atoms with Gasteiger partial charge in [-0.15, -0.1) is 0 Å². The SMILES string of the molecule is CCCCCCCCCCCCCCCCOC(=O)O[C@@H]1[C@@H](CO[P@](=O)(N[C@@H](C)C(=O)OC(C)C)Oc2ccccc2)O[C@@H](n2cnc3c(NC)nc(N)nc32)[C@@]1(F)Cl. The zero-order chi connectivity index (χ0) is 42.8. The lowest BCUT2D eigenvalue weighted by molar-refractivity contribution is -0.149. The molecule has 16 nitrogen and oxygen atoms in total. The first kappa shape index (κ1) is 47.9. The number of halogens is 2. The number of hydrogen-bond acceptors (Lipinski definition) is 14. The van der Waals surface area contributed by atoms with Gasteiger partial charge in [0.25, 0.3) is 5.13 Å². The average molecular weight is 870 g/mol. The van der Waals surface area contributed by atoms with Crippen molar-refractivity contribution in [3.63, 3.8) is 0 Å². The third-order valence-electron chi connectivity index (χ3n) is 9.65. The van der Waals surface area contributed by atoms with E-state index in [0.29, 0.717) is 6.42 Å². The average Bonchev–Trinajstić information content (AvgIpc) is 3.71. The number of carbonyl (C=O) groups excluding carboxylic acids is 2. The molecule has 0 saturated carbocycles. The van der Waals surface area contributed by atoms with Crippen LogP contribution in [0.5, 0.6) is 5.75 Å². The lowest BCUT2D eigenvalue weighted by atomic mass is 10.0. The molecular formula is C40H62ClFN7O9P. The molecule has 4 rings (SSSR count). The molecule has 1 aliphatic rings. The Balaban J connectivity index is 1.41. The second-order valence-corrected chi connectivity index (χ2v) is 17.2.